The molecule has 0 saturated heterocycles. The molecule has 0 aliphatic heterocycles. The van der Waals surface area contributed by atoms with E-state index in [1.54, 1.807) is 49.6 Å². The fraction of sp³-hybridized carbons (Fsp3) is 0.350. The van der Waals surface area contributed by atoms with Crippen LogP contribution in [0.15, 0.2) is 59.5 Å². The highest BCUT2D eigenvalue weighted by molar-refractivity contribution is 7.92. The lowest BCUT2D eigenvalue weighted by molar-refractivity contribution is 0.117. The van der Waals surface area contributed by atoms with E-state index in [2.05, 4.69) is 6.07 Å². The van der Waals surface area contributed by atoms with Gasteiger partial charge in [-0.05, 0) is 36.8 Å². The Balaban J connectivity index is 2.04. The first-order valence-electron chi connectivity index (χ1n) is 8.43. The van der Waals surface area contributed by atoms with E-state index in [-0.39, 0.29) is 11.5 Å². The Bertz CT molecular complexity index is 903. The molecule has 0 spiro atoms. The first-order valence-corrected chi connectivity index (χ1v) is 9.97. The van der Waals surface area contributed by atoms with Gasteiger partial charge in [0.25, 0.3) is 0 Å². The summed E-state index contributed by atoms with van der Waals surface area (Å²) in [5, 5.41) is 9.05. The average molecular weight is 371 g/mol. The van der Waals surface area contributed by atoms with Crippen LogP contribution in [-0.2, 0) is 14.6 Å². The second-order valence-electron chi connectivity index (χ2n) is 6.32. The van der Waals surface area contributed by atoms with Gasteiger partial charge in [0.15, 0.2) is 9.84 Å². The predicted octanol–water partition coefficient (Wildman–Crippen LogP) is 3.18. The maximum atomic E-state index is 13.2. The molecule has 2 aromatic rings. The molecule has 136 valence electrons. The van der Waals surface area contributed by atoms with Crippen LogP contribution in [0.4, 0.5) is 0 Å². The Morgan fingerprint density at radius 3 is 2.31 bits per heavy atom. The average Bonchev–Trinajstić information content (AvgIpc) is 3.37. The van der Waals surface area contributed by atoms with Gasteiger partial charge in [0.05, 0.1) is 29.9 Å². The van der Waals surface area contributed by atoms with Crippen LogP contribution in [0.25, 0.3) is 0 Å². The number of hydrogen-bond acceptors (Lipinski definition) is 5. The third-order valence-corrected chi connectivity index (χ3v) is 7.18. The highest BCUT2D eigenvalue weighted by Gasteiger charge is 2.72. The van der Waals surface area contributed by atoms with Gasteiger partial charge >= 0.3 is 0 Å². The second-order valence-corrected chi connectivity index (χ2v) is 8.39. The second kappa shape index (κ2) is 7.10. The Hall–Kier alpha value is -2.36. The molecular weight excluding hydrogens is 350 g/mol. The summed E-state index contributed by atoms with van der Waals surface area (Å²) in [7, 11) is -2.09. The van der Waals surface area contributed by atoms with Crippen molar-refractivity contribution in [1.82, 2.24) is 0 Å². The molecule has 26 heavy (non-hydrogen) atoms. The molecular formula is C20H21NO4S. The maximum absolute atomic E-state index is 13.2. The normalized spacial score (nSPS) is 24.7. The van der Waals surface area contributed by atoms with E-state index in [1.165, 1.54) is 0 Å². The zero-order chi connectivity index (χ0) is 18.8. The molecule has 5 nitrogen and oxygen atoms in total. The summed E-state index contributed by atoms with van der Waals surface area (Å²) in [5.74, 6) is 0.249. The van der Waals surface area contributed by atoms with E-state index < -0.39 is 26.4 Å². The molecule has 1 saturated carbocycles. The van der Waals surface area contributed by atoms with Crippen molar-refractivity contribution in [2.24, 2.45) is 5.41 Å². The summed E-state index contributed by atoms with van der Waals surface area (Å²) in [4.78, 5) is 0.233. The number of ether oxygens (including phenoxy) is 2. The van der Waals surface area contributed by atoms with E-state index in [0.29, 0.717) is 12.4 Å². The largest absolute Gasteiger partial charge is 0.497 e. The number of sulfone groups is 1. The molecule has 1 aliphatic carbocycles. The summed E-state index contributed by atoms with van der Waals surface area (Å²) >= 11 is 0. The molecule has 1 fully saturated rings. The third kappa shape index (κ3) is 2.98. The molecule has 3 atom stereocenters. The van der Waals surface area contributed by atoms with E-state index in [9.17, 15) is 13.7 Å². The summed E-state index contributed by atoms with van der Waals surface area (Å²) in [6, 6.07) is 17.7. The summed E-state index contributed by atoms with van der Waals surface area (Å²) < 4.78 is 37.1. The van der Waals surface area contributed by atoms with Crippen LogP contribution in [0.1, 0.15) is 18.4 Å². The van der Waals surface area contributed by atoms with Crippen LogP contribution in [0, 0.1) is 16.7 Å². The molecule has 0 amide bonds. The van der Waals surface area contributed by atoms with Crippen LogP contribution in [0.5, 0.6) is 5.75 Å². The summed E-state index contributed by atoms with van der Waals surface area (Å²) in [5.41, 5.74) is -0.282. The van der Waals surface area contributed by atoms with Crippen molar-refractivity contribution in [2.75, 3.05) is 20.3 Å². The molecule has 0 bridgehead atoms. The molecule has 0 unspecified atom stereocenters. The number of benzene rings is 2. The molecule has 1 aliphatic rings. The fourth-order valence-corrected chi connectivity index (χ4v) is 5.84. The van der Waals surface area contributed by atoms with Crippen molar-refractivity contribution in [3.05, 3.63) is 60.2 Å². The zero-order valence-corrected chi connectivity index (χ0v) is 15.6. The van der Waals surface area contributed by atoms with Crippen molar-refractivity contribution in [3.63, 3.8) is 0 Å². The Morgan fingerprint density at radius 2 is 1.77 bits per heavy atom. The van der Waals surface area contributed by atoms with Gasteiger partial charge in [0.1, 0.15) is 11.2 Å². The van der Waals surface area contributed by atoms with E-state index in [4.69, 9.17) is 9.47 Å². The van der Waals surface area contributed by atoms with Gasteiger partial charge in [-0.1, -0.05) is 30.3 Å². The summed E-state index contributed by atoms with van der Waals surface area (Å²) in [6.45, 7) is 2.35. The van der Waals surface area contributed by atoms with Crippen molar-refractivity contribution in [1.29, 1.82) is 5.26 Å². The Morgan fingerprint density at radius 1 is 1.12 bits per heavy atom. The quantitative estimate of drug-likeness (QED) is 0.747. The lowest BCUT2D eigenvalue weighted by atomic mass is 10.0. The van der Waals surface area contributed by atoms with Crippen molar-refractivity contribution in [2.45, 2.75) is 23.0 Å². The smallest absolute Gasteiger partial charge is 0.183 e. The number of rotatable bonds is 7. The summed E-state index contributed by atoms with van der Waals surface area (Å²) in [6.07, 6.45) is 0. The molecule has 6 heteroatoms. The molecule has 2 aromatic carbocycles. The predicted molar refractivity (Wildman–Crippen MR) is 97.7 cm³/mol. The fourth-order valence-electron chi connectivity index (χ4n) is 3.51. The highest BCUT2D eigenvalue weighted by Crippen LogP contribution is 2.64. The van der Waals surface area contributed by atoms with E-state index in [0.717, 1.165) is 5.56 Å². The SMILES string of the molecule is CCOC[C@]1(C#N)[C@H](c2ccc(OC)cc2)[C@H]1S(=O)(=O)c1ccccc1. The molecule has 0 radical (unpaired) electrons. The van der Waals surface area contributed by atoms with Gasteiger partial charge in [-0.3, -0.25) is 0 Å². The van der Waals surface area contributed by atoms with Gasteiger partial charge < -0.3 is 9.47 Å². The van der Waals surface area contributed by atoms with Gasteiger partial charge in [0, 0.05) is 12.5 Å². The van der Waals surface area contributed by atoms with Crippen LogP contribution >= 0.6 is 0 Å². The van der Waals surface area contributed by atoms with Crippen LogP contribution < -0.4 is 4.74 Å². The number of nitriles is 1. The molecule has 0 heterocycles. The minimum atomic E-state index is -3.66. The lowest BCUT2D eigenvalue weighted by Crippen LogP contribution is -2.19. The van der Waals surface area contributed by atoms with Gasteiger partial charge in [-0.25, -0.2) is 8.42 Å². The van der Waals surface area contributed by atoms with Crippen LogP contribution in [0.3, 0.4) is 0 Å². The minimum Gasteiger partial charge on any atom is -0.497 e. The first kappa shape index (κ1) is 18.4. The Labute approximate surface area is 154 Å². The molecule has 3 rings (SSSR count). The van der Waals surface area contributed by atoms with Crippen molar-refractivity contribution < 1.29 is 17.9 Å². The number of methoxy groups -OCH3 is 1. The Kier molecular flexibility index (Phi) is 5.03. The standard InChI is InChI=1S/C20H21NO4S/c1-3-25-14-20(13-21)18(15-9-11-16(24-2)12-10-15)19(20)26(22,23)17-7-5-4-6-8-17/h4-12,18-19H,3,14H2,1-2H3/t18-,19-,20-/m1/s1. The van der Waals surface area contributed by atoms with Gasteiger partial charge in [-0.15, -0.1) is 0 Å². The van der Waals surface area contributed by atoms with E-state index >= 15 is 0 Å². The van der Waals surface area contributed by atoms with Crippen molar-refractivity contribution >= 4 is 9.84 Å². The zero-order valence-electron chi connectivity index (χ0n) is 14.8. The van der Waals surface area contributed by atoms with E-state index in [1.807, 2.05) is 19.1 Å². The highest BCUT2D eigenvalue weighted by atomic mass is 32.2. The van der Waals surface area contributed by atoms with Crippen LogP contribution in [-0.4, -0.2) is 34.0 Å². The lowest BCUT2D eigenvalue weighted by Gasteiger charge is -2.09. The van der Waals surface area contributed by atoms with Gasteiger partial charge in [0.2, 0.25) is 0 Å². The first-order chi connectivity index (χ1) is 12.5. The number of nitrogens with zero attached hydrogens (tertiary/aromatic N) is 1. The van der Waals surface area contributed by atoms with Gasteiger partial charge in [-0.2, -0.15) is 5.26 Å². The molecule has 0 aromatic heterocycles. The van der Waals surface area contributed by atoms with Crippen molar-refractivity contribution in [3.8, 4) is 11.8 Å². The number of hydrogen-bond donors (Lipinski definition) is 0. The monoisotopic (exact) mass is 371 g/mol. The van der Waals surface area contributed by atoms with Crippen LogP contribution in [0.2, 0.25) is 0 Å². The maximum Gasteiger partial charge on any atom is 0.183 e. The minimum absolute atomic E-state index is 0.0907. The third-order valence-electron chi connectivity index (χ3n) is 4.89. The topological polar surface area (TPSA) is 76.4 Å². The molecule has 0 N–H and O–H groups in total.